The van der Waals surface area contributed by atoms with Crippen LogP contribution in [0, 0.1) is 0 Å². The van der Waals surface area contributed by atoms with Crippen LogP contribution in [0.1, 0.15) is 37.2 Å². The summed E-state index contributed by atoms with van der Waals surface area (Å²) in [6, 6.07) is 9.76. The molecule has 0 aliphatic carbocycles. The van der Waals surface area contributed by atoms with E-state index in [-0.39, 0.29) is 11.9 Å². The van der Waals surface area contributed by atoms with Crippen molar-refractivity contribution < 1.29 is 4.79 Å². The van der Waals surface area contributed by atoms with Crippen LogP contribution in [-0.2, 0) is 0 Å². The first-order valence-corrected chi connectivity index (χ1v) is 8.97. The van der Waals surface area contributed by atoms with Crippen LogP contribution in [-0.4, -0.2) is 38.0 Å². The van der Waals surface area contributed by atoms with E-state index in [1.54, 1.807) is 12.5 Å². The predicted molar refractivity (Wildman–Crippen MR) is 105 cm³/mol. The van der Waals surface area contributed by atoms with Gasteiger partial charge in [0.15, 0.2) is 0 Å². The normalized spacial score (nSPS) is 12.0. The second kappa shape index (κ2) is 8.44. The number of rotatable bonds is 7. The van der Waals surface area contributed by atoms with Gasteiger partial charge in [-0.25, -0.2) is 15.0 Å². The van der Waals surface area contributed by atoms with Crippen LogP contribution >= 0.6 is 0 Å². The van der Waals surface area contributed by atoms with Gasteiger partial charge in [-0.3, -0.25) is 4.79 Å². The number of hydrogen-bond acceptors (Lipinski definition) is 5. The number of amides is 1. The molecule has 0 aliphatic rings. The Morgan fingerprint density at radius 3 is 2.59 bits per heavy atom. The predicted octanol–water partition coefficient (Wildman–Crippen LogP) is 3.15. The number of nitrogens with zero attached hydrogens (tertiary/aromatic N) is 4. The average molecular weight is 364 g/mol. The van der Waals surface area contributed by atoms with Gasteiger partial charge >= 0.3 is 0 Å². The topological polar surface area (TPSA) is 84.7 Å². The summed E-state index contributed by atoms with van der Waals surface area (Å²) in [6.45, 7) is 6.68. The molecule has 140 valence electrons. The van der Waals surface area contributed by atoms with Crippen molar-refractivity contribution in [2.24, 2.45) is 0 Å². The number of anilines is 1. The molecule has 0 bridgehead atoms. The molecule has 27 heavy (non-hydrogen) atoms. The number of aromatic nitrogens is 4. The standard InChI is InChI=1S/C20H24N6O/c1-14(2)25-19-10-18(23-12-24-19)16-4-6-17(7-5-16)20(27)22-11-15(3)26-9-8-21-13-26/h4-10,12-15H,11H2,1-3H3,(H,22,27)(H,23,24,25)/t15-/m1/s1. The Morgan fingerprint density at radius 2 is 1.93 bits per heavy atom. The SMILES string of the molecule is CC(C)Nc1cc(-c2ccc(C(=O)NC[C@@H](C)n3ccnc3)cc2)ncn1. The monoisotopic (exact) mass is 364 g/mol. The smallest absolute Gasteiger partial charge is 0.251 e. The first-order chi connectivity index (χ1) is 13.0. The maximum Gasteiger partial charge on any atom is 0.251 e. The van der Waals surface area contributed by atoms with Gasteiger partial charge in [0.1, 0.15) is 12.1 Å². The molecule has 0 fully saturated rings. The van der Waals surface area contributed by atoms with Gasteiger partial charge < -0.3 is 15.2 Å². The van der Waals surface area contributed by atoms with Crippen LogP contribution in [0.5, 0.6) is 0 Å². The lowest BCUT2D eigenvalue weighted by Gasteiger charge is -2.14. The molecule has 0 spiro atoms. The minimum Gasteiger partial charge on any atom is -0.368 e. The highest BCUT2D eigenvalue weighted by atomic mass is 16.1. The Bertz CT molecular complexity index is 874. The van der Waals surface area contributed by atoms with E-state index in [9.17, 15) is 4.79 Å². The van der Waals surface area contributed by atoms with Crippen molar-refractivity contribution in [2.75, 3.05) is 11.9 Å². The zero-order chi connectivity index (χ0) is 19.2. The van der Waals surface area contributed by atoms with Gasteiger partial charge in [0, 0.05) is 48.2 Å². The molecule has 2 heterocycles. The highest BCUT2D eigenvalue weighted by molar-refractivity contribution is 5.94. The van der Waals surface area contributed by atoms with Gasteiger partial charge in [-0.15, -0.1) is 0 Å². The van der Waals surface area contributed by atoms with E-state index in [2.05, 4.69) is 39.4 Å². The molecule has 3 aromatic rings. The maximum absolute atomic E-state index is 12.4. The lowest BCUT2D eigenvalue weighted by molar-refractivity contribution is 0.0948. The molecule has 2 aromatic heterocycles. The van der Waals surface area contributed by atoms with Crippen molar-refractivity contribution in [1.82, 2.24) is 24.8 Å². The van der Waals surface area contributed by atoms with E-state index < -0.39 is 0 Å². The van der Waals surface area contributed by atoms with Crippen molar-refractivity contribution in [3.05, 3.63) is 60.9 Å². The molecule has 1 amide bonds. The maximum atomic E-state index is 12.4. The highest BCUT2D eigenvalue weighted by Gasteiger charge is 2.10. The fourth-order valence-corrected chi connectivity index (χ4v) is 2.66. The van der Waals surface area contributed by atoms with E-state index >= 15 is 0 Å². The number of carbonyl (C=O) groups is 1. The van der Waals surface area contributed by atoms with Crippen LogP contribution in [0.4, 0.5) is 5.82 Å². The van der Waals surface area contributed by atoms with E-state index in [0.717, 1.165) is 17.1 Å². The Morgan fingerprint density at radius 1 is 1.15 bits per heavy atom. The summed E-state index contributed by atoms with van der Waals surface area (Å²) < 4.78 is 1.96. The fraction of sp³-hybridized carbons (Fsp3) is 0.300. The average Bonchev–Trinajstić information content (AvgIpc) is 3.20. The lowest BCUT2D eigenvalue weighted by Crippen LogP contribution is -2.29. The van der Waals surface area contributed by atoms with E-state index in [1.165, 1.54) is 6.33 Å². The fourth-order valence-electron chi connectivity index (χ4n) is 2.66. The largest absolute Gasteiger partial charge is 0.368 e. The zero-order valence-corrected chi connectivity index (χ0v) is 15.8. The van der Waals surface area contributed by atoms with Crippen molar-refractivity contribution in [2.45, 2.75) is 32.9 Å². The van der Waals surface area contributed by atoms with E-state index in [4.69, 9.17) is 0 Å². The Kier molecular flexibility index (Phi) is 5.80. The molecular formula is C20H24N6O. The van der Waals surface area contributed by atoms with E-state index in [0.29, 0.717) is 18.2 Å². The van der Waals surface area contributed by atoms with Crippen LogP contribution in [0.2, 0.25) is 0 Å². The minimum absolute atomic E-state index is 0.0987. The van der Waals surface area contributed by atoms with Crippen molar-refractivity contribution in [3.63, 3.8) is 0 Å². The number of carbonyl (C=O) groups excluding carboxylic acids is 1. The quantitative estimate of drug-likeness (QED) is 0.673. The van der Waals surface area contributed by atoms with Crippen LogP contribution in [0.25, 0.3) is 11.3 Å². The Balaban J connectivity index is 1.63. The molecule has 0 saturated heterocycles. The molecule has 7 nitrogen and oxygen atoms in total. The second-order valence-electron chi connectivity index (χ2n) is 6.73. The summed E-state index contributed by atoms with van der Waals surface area (Å²) in [4.78, 5) is 24.9. The molecule has 0 aliphatic heterocycles. The van der Waals surface area contributed by atoms with Crippen molar-refractivity contribution in [3.8, 4) is 11.3 Å². The summed E-state index contributed by atoms with van der Waals surface area (Å²) >= 11 is 0. The molecule has 3 rings (SSSR count). The van der Waals surface area contributed by atoms with Crippen LogP contribution in [0.15, 0.2) is 55.4 Å². The number of hydrogen-bond donors (Lipinski definition) is 2. The third-order valence-electron chi connectivity index (χ3n) is 4.14. The number of benzene rings is 1. The van der Waals surface area contributed by atoms with Crippen LogP contribution in [0.3, 0.4) is 0 Å². The molecule has 2 N–H and O–H groups in total. The molecule has 0 radical (unpaired) electrons. The van der Waals surface area contributed by atoms with E-state index in [1.807, 2.05) is 48.0 Å². The van der Waals surface area contributed by atoms with Crippen molar-refractivity contribution >= 4 is 11.7 Å². The Hall–Kier alpha value is -3.22. The third kappa shape index (κ3) is 4.91. The summed E-state index contributed by atoms with van der Waals surface area (Å²) in [5.41, 5.74) is 2.37. The number of imidazole rings is 1. The van der Waals surface area contributed by atoms with Crippen molar-refractivity contribution in [1.29, 1.82) is 0 Å². The first-order valence-electron chi connectivity index (χ1n) is 8.97. The van der Waals surface area contributed by atoms with Gasteiger partial charge in [0.2, 0.25) is 0 Å². The van der Waals surface area contributed by atoms with Gasteiger partial charge in [-0.2, -0.15) is 0 Å². The summed E-state index contributed by atoms with van der Waals surface area (Å²) in [5.74, 6) is 0.684. The molecule has 1 aromatic carbocycles. The van der Waals surface area contributed by atoms with Gasteiger partial charge in [0.05, 0.1) is 12.0 Å². The molecular weight excluding hydrogens is 340 g/mol. The summed E-state index contributed by atoms with van der Waals surface area (Å²) in [5, 5.41) is 6.22. The molecule has 0 unspecified atom stereocenters. The van der Waals surface area contributed by atoms with Gasteiger partial charge in [0.25, 0.3) is 5.91 Å². The first kappa shape index (κ1) is 18.6. The number of nitrogens with one attached hydrogen (secondary N) is 2. The highest BCUT2D eigenvalue weighted by Crippen LogP contribution is 2.19. The summed E-state index contributed by atoms with van der Waals surface area (Å²) in [6.07, 6.45) is 6.90. The minimum atomic E-state index is -0.0987. The van der Waals surface area contributed by atoms with Gasteiger partial charge in [-0.05, 0) is 32.9 Å². The summed E-state index contributed by atoms with van der Waals surface area (Å²) in [7, 11) is 0. The van der Waals surface area contributed by atoms with Gasteiger partial charge in [-0.1, -0.05) is 12.1 Å². The second-order valence-corrected chi connectivity index (χ2v) is 6.73. The van der Waals surface area contributed by atoms with Crippen LogP contribution < -0.4 is 10.6 Å². The molecule has 1 atom stereocenters. The lowest BCUT2D eigenvalue weighted by atomic mass is 10.1. The molecule has 7 heteroatoms. The third-order valence-corrected chi connectivity index (χ3v) is 4.14. The Labute approximate surface area is 158 Å². The molecule has 0 saturated carbocycles. The zero-order valence-electron chi connectivity index (χ0n) is 15.8.